The van der Waals surface area contributed by atoms with Crippen LogP contribution in [0.5, 0.6) is 0 Å². The summed E-state index contributed by atoms with van der Waals surface area (Å²) < 4.78 is 0. The average Bonchev–Trinajstić information content (AvgIpc) is 2.38. The Kier molecular flexibility index (Phi) is 4.40. The van der Waals surface area contributed by atoms with E-state index in [1.807, 2.05) is 31.2 Å². The minimum atomic E-state index is 0.0742. The van der Waals surface area contributed by atoms with Gasteiger partial charge in [0.1, 0.15) is 0 Å². The van der Waals surface area contributed by atoms with E-state index in [9.17, 15) is 0 Å². The highest BCUT2D eigenvalue weighted by Gasteiger charge is 2.19. The summed E-state index contributed by atoms with van der Waals surface area (Å²) in [5.74, 6) is 0.251. The molecule has 0 heterocycles. The molecule has 2 rings (SSSR count). The molecule has 0 aliphatic heterocycles. The molecule has 0 aromatic heterocycles. The smallest absolute Gasteiger partial charge is 0.0441 e. The van der Waals surface area contributed by atoms with Gasteiger partial charge in [-0.15, -0.1) is 0 Å². The van der Waals surface area contributed by atoms with Crippen LogP contribution in [0.4, 0.5) is 0 Å². The molecular weight excluding hydrogens is 242 g/mol. The molecule has 0 saturated heterocycles. The summed E-state index contributed by atoms with van der Waals surface area (Å²) in [6, 6.07) is 18.4. The van der Waals surface area contributed by atoms with Crippen molar-refractivity contribution < 1.29 is 0 Å². The number of nitrogens with two attached hydrogens (primary N) is 1. The van der Waals surface area contributed by atoms with E-state index >= 15 is 0 Å². The maximum absolute atomic E-state index is 6.27. The maximum Gasteiger partial charge on any atom is 0.0441 e. The van der Waals surface area contributed by atoms with Crippen LogP contribution in [0.25, 0.3) is 0 Å². The molecule has 0 fully saturated rings. The molecule has 0 amide bonds. The van der Waals surface area contributed by atoms with Crippen molar-refractivity contribution in [2.75, 3.05) is 0 Å². The lowest BCUT2D eigenvalue weighted by atomic mass is 9.87. The Bertz CT molecular complexity index is 493. The molecule has 18 heavy (non-hydrogen) atoms. The molecule has 2 heteroatoms. The van der Waals surface area contributed by atoms with Crippen LogP contribution in [0.15, 0.2) is 54.6 Å². The Labute approximate surface area is 114 Å². The van der Waals surface area contributed by atoms with E-state index < -0.39 is 0 Å². The third-order valence-electron chi connectivity index (χ3n) is 3.24. The molecule has 0 radical (unpaired) electrons. The fourth-order valence-electron chi connectivity index (χ4n) is 2.22. The van der Waals surface area contributed by atoms with E-state index in [4.69, 9.17) is 17.3 Å². The van der Waals surface area contributed by atoms with Crippen LogP contribution in [0, 0.1) is 0 Å². The number of rotatable bonds is 4. The second kappa shape index (κ2) is 6.03. The largest absolute Gasteiger partial charge is 0.327 e. The highest BCUT2D eigenvalue weighted by molar-refractivity contribution is 6.31. The summed E-state index contributed by atoms with van der Waals surface area (Å²) in [6.45, 7) is 2.04. The molecule has 2 N–H and O–H groups in total. The second-order valence-corrected chi connectivity index (χ2v) is 5.08. The van der Waals surface area contributed by atoms with Crippen LogP contribution in [0.3, 0.4) is 0 Å². The van der Waals surface area contributed by atoms with E-state index in [1.54, 1.807) is 0 Å². The van der Waals surface area contributed by atoms with Gasteiger partial charge in [0, 0.05) is 17.0 Å². The fourth-order valence-corrected chi connectivity index (χ4v) is 2.50. The molecule has 2 aromatic rings. The van der Waals surface area contributed by atoms with Gasteiger partial charge < -0.3 is 5.73 Å². The predicted molar refractivity (Wildman–Crippen MR) is 78.0 cm³/mol. The molecule has 2 atom stereocenters. The lowest BCUT2D eigenvalue weighted by Crippen LogP contribution is -2.26. The normalized spacial score (nSPS) is 14.2. The molecule has 94 valence electrons. The van der Waals surface area contributed by atoms with Crippen molar-refractivity contribution in [2.24, 2.45) is 5.73 Å². The fraction of sp³-hybridized carbons (Fsp3) is 0.250. The van der Waals surface area contributed by atoms with E-state index in [2.05, 4.69) is 30.3 Å². The average molecular weight is 260 g/mol. The van der Waals surface area contributed by atoms with Gasteiger partial charge in [-0.3, -0.25) is 0 Å². The monoisotopic (exact) mass is 259 g/mol. The molecule has 0 saturated carbocycles. The summed E-state index contributed by atoms with van der Waals surface area (Å²) in [5, 5.41) is 0.802. The quantitative estimate of drug-likeness (QED) is 0.882. The summed E-state index contributed by atoms with van der Waals surface area (Å²) in [4.78, 5) is 0. The van der Waals surface area contributed by atoms with Crippen molar-refractivity contribution >= 4 is 11.6 Å². The molecule has 0 aliphatic carbocycles. The third kappa shape index (κ3) is 3.12. The highest BCUT2D eigenvalue weighted by Crippen LogP contribution is 2.29. The van der Waals surface area contributed by atoms with Crippen molar-refractivity contribution in [1.82, 2.24) is 0 Å². The van der Waals surface area contributed by atoms with Crippen LogP contribution < -0.4 is 5.73 Å². The summed E-state index contributed by atoms with van der Waals surface area (Å²) in [6.07, 6.45) is 0.919. The zero-order valence-corrected chi connectivity index (χ0v) is 11.3. The first kappa shape index (κ1) is 13.1. The van der Waals surface area contributed by atoms with E-state index in [1.165, 1.54) is 5.56 Å². The molecule has 0 bridgehead atoms. The van der Waals surface area contributed by atoms with Gasteiger partial charge >= 0.3 is 0 Å². The standard InChI is InChI=1S/C16H18ClN/c1-12(18)15(11-13-7-3-2-4-8-13)14-9-5-6-10-16(14)17/h2-10,12,15H,11,18H2,1H3/t12-,15+/m0/s1. The molecular formula is C16H18ClN. The van der Waals surface area contributed by atoms with Crippen LogP contribution in [0.1, 0.15) is 24.0 Å². The van der Waals surface area contributed by atoms with Crippen LogP contribution in [0.2, 0.25) is 5.02 Å². The topological polar surface area (TPSA) is 26.0 Å². The Morgan fingerprint density at radius 1 is 1.00 bits per heavy atom. The first-order chi connectivity index (χ1) is 8.68. The third-order valence-corrected chi connectivity index (χ3v) is 3.58. The molecule has 0 unspecified atom stereocenters. The lowest BCUT2D eigenvalue weighted by Gasteiger charge is -2.22. The van der Waals surface area contributed by atoms with Gasteiger partial charge in [0.05, 0.1) is 0 Å². The lowest BCUT2D eigenvalue weighted by molar-refractivity contribution is 0.565. The van der Waals surface area contributed by atoms with Crippen LogP contribution >= 0.6 is 11.6 Å². The van der Waals surface area contributed by atoms with Crippen molar-refractivity contribution in [1.29, 1.82) is 0 Å². The number of halogens is 1. The summed E-state index contributed by atoms with van der Waals surface area (Å²) >= 11 is 6.27. The Morgan fingerprint density at radius 2 is 1.61 bits per heavy atom. The van der Waals surface area contributed by atoms with Crippen LogP contribution in [-0.4, -0.2) is 6.04 Å². The first-order valence-electron chi connectivity index (χ1n) is 6.22. The van der Waals surface area contributed by atoms with Crippen molar-refractivity contribution in [3.05, 3.63) is 70.7 Å². The zero-order valence-electron chi connectivity index (χ0n) is 10.5. The zero-order chi connectivity index (χ0) is 13.0. The van der Waals surface area contributed by atoms with Gasteiger partial charge in [-0.05, 0) is 30.5 Å². The molecule has 1 nitrogen and oxygen atoms in total. The number of benzene rings is 2. The molecule has 2 aromatic carbocycles. The van der Waals surface area contributed by atoms with Gasteiger partial charge in [0.25, 0.3) is 0 Å². The Morgan fingerprint density at radius 3 is 2.22 bits per heavy atom. The number of hydrogen-bond acceptors (Lipinski definition) is 1. The first-order valence-corrected chi connectivity index (χ1v) is 6.60. The minimum absolute atomic E-state index is 0.0742. The van der Waals surface area contributed by atoms with E-state index in [-0.39, 0.29) is 12.0 Å². The van der Waals surface area contributed by atoms with Gasteiger partial charge in [-0.2, -0.15) is 0 Å². The Hall–Kier alpha value is -1.31. The minimum Gasteiger partial charge on any atom is -0.327 e. The van der Waals surface area contributed by atoms with Gasteiger partial charge in [0.2, 0.25) is 0 Å². The van der Waals surface area contributed by atoms with Crippen molar-refractivity contribution in [3.63, 3.8) is 0 Å². The van der Waals surface area contributed by atoms with E-state index in [0.717, 1.165) is 17.0 Å². The van der Waals surface area contributed by atoms with Crippen molar-refractivity contribution in [2.45, 2.75) is 25.3 Å². The van der Waals surface area contributed by atoms with Crippen LogP contribution in [-0.2, 0) is 6.42 Å². The number of hydrogen-bond donors (Lipinski definition) is 1. The van der Waals surface area contributed by atoms with Gasteiger partial charge in [-0.25, -0.2) is 0 Å². The van der Waals surface area contributed by atoms with Gasteiger partial charge in [-0.1, -0.05) is 60.1 Å². The molecule has 0 spiro atoms. The second-order valence-electron chi connectivity index (χ2n) is 4.68. The summed E-state index contributed by atoms with van der Waals surface area (Å²) in [5.41, 5.74) is 8.56. The van der Waals surface area contributed by atoms with Crippen molar-refractivity contribution in [3.8, 4) is 0 Å². The van der Waals surface area contributed by atoms with E-state index in [0.29, 0.717) is 0 Å². The van der Waals surface area contributed by atoms with Gasteiger partial charge in [0.15, 0.2) is 0 Å². The summed E-state index contributed by atoms with van der Waals surface area (Å²) in [7, 11) is 0. The SMILES string of the molecule is C[C@H](N)[C@@H](Cc1ccccc1)c1ccccc1Cl. The highest BCUT2D eigenvalue weighted by atomic mass is 35.5. The predicted octanol–water partition coefficient (Wildman–Crippen LogP) is 4.01. The molecule has 0 aliphatic rings. The maximum atomic E-state index is 6.27. The Balaban J connectivity index is 2.27.